The number of rotatable bonds is 2. The minimum atomic E-state index is -1.01. The fourth-order valence-corrected chi connectivity index (χ4v) is 1.48. The third kappa shape index (κ3) is 2.35. The van der Waals surface area contributed by atoms with Crippen LogP contribution in [0.5, 0.6) is 0 Å². The van der Waals surface area contributed by atoms with E-state index in [0.29, 0.717) is 5.56 Å². The van der Waals surface area contributed by atoms with Crippen molar-refractivity contribution in [1.82, 2.24) is 9.78 Å². The van der Waals surface area contributed by atoms with Gasteiger partial charge in [-0.15, -0.1) is 0 Å². The number of aromatic nitrogens is 2. The minimum absolute atomic E-state index is 0. The summed E-state index contributed by atoms with van der Waals surface area (Å²) in [5.41, 5.74) is 1.59. The van der Waals surface area contributed by atoms with Gasteiger partial charge in [0, 0.05) is 18.8 Å². The maximum atomic E-state index is 10.9. The first-order valence-electron chi connectivity index (χ1n) is 4.51. The number of hydrogen-bond donors (Lipinski definition) is 1. The standard InChI is InChI=1S/C11H10N2O2.Li.H/c1-13-7-9(10(12-13)11(14)15)8-5-3-2-4-6-8;;/h2-7H,1H3,(H,14,15);;/q;+1;-1. The molecule has 0 saturated heterocycles. The number of nitrogens with zero attached hydrogens (tertiary/aromatic N) is 2. The van der Waals surface area contributed by atoms with Gasteiger partial charge in [-0.3, -0.25) is 4.68 Å². The Morgan fingerprint density at radius 2 is 2.00 bits per heavy atom. The van der Waals surface area contributed by atoms with E-state index in [1.54, 1.807) is 13.2 Å². The van der Waals surface area contributed by atoms with Crippen molar-refractivity contribution in [2.24, 2.45) is 7.05 Å². The quantitative estimate of drug-likeness (QED) is 0.640. The van der Waals surface area contributed by atoms with E-state index in [1.807, 2.05) is 30.3 Å². The number of carboxylic acid groups (broad SMARTS) is 1. The summed E-state index contributed by atoms with van der Waals surface area (Å²) < 4.78 is 1.51. The molecule has 78 valence electrons. The van der Waals surface area contributed by atoms with Crippen LogP contribution in [-0.4, -0.2) is 20.9 Å². The van der Waals surface area contributed by atoms with Crippen LogP contribution in [0.2, 0.25) is 0 Å². The van der Waals surface area contributed by atoms with Gasteiger partial charge >= 0.3 is 24.8 Å². The summed E-state index contributed by atoms with van der Waals surface area (Å²) in [6, 6.07) is 9.36. The van der Waals surface area contributed by atoms with E-state index in [4.69, 9.17) is 5.11 Å². The van der Waals surface area contributed by atoms with Crippen LogP contribution in [0.4, 0.5) is 0 Å². The predicted octanol–water partition coefficient (Wildman–Crippen LogP) is -1.10. The van der Waals surface area contributed by atoms with Crippen LogP contribution in [0.25, 0.3) is 11.1 Å². The Labute approximate surface area is 107 Å². The average Bonchev–Trinajstić information content (AvgIpc) is 2.62. The molecule has 1 N–H and O–H groups in total. The molecule has 1 aromatic heterocycles. The number of aryl methyl sites for hydroxylation is 1. The van der Waals surface area contributed by atoms with Gasteiger partial charge in [0.15, 0.2) is 5.69 Å². The first kappa shape index (κ1) is 12.6. The molecule has 0 saturated carbocycles. The van der Waals surface area contributed by atoms with Crippen LogP contribution in [0.3, 0.4) is 0 Å². The van der Waals surface area contributed by atoms with E-state index in [9.17, 15) is 4.79 Å². The third-order valence-corrected chi connectivity index (χ3v) is 2.12. The molecule has 5 heteroatoms. The summed E-state index contributed by atoms with van der Waals surface area (Å²) in [7, 11) is 1.71. The number of carbonyl (C=O) groups is 1. The molecule has 2 aromatic rings. The van der Waals surface area contributed by atoms with E-state index >= 15 is 0 Å². The zero-order valence-electron chi connectivity index (χ0n) is 10.2. The first-order chi connectivity index (χ1) is 7.18. The van der Waals surface area contributed by atoms with Gasteiger partial charge in [0.1, 0.15) is 0 Å². The molecule has 0 atom stereocenters. The van der Waals surface area contributed by atoms with Crippen molar-refractivity contribution in [3.8, 4) is 11.1 Å². The molecule has 0 spiro atoms. The van der Waals surface area contributed by atoms with Gasteiger partial charge in [-0.2, -0.15) is 5.10 Å². The molecule has 0 bridgehead atoms. The minimum Gasteiger partial charge on any atom is -1.00 e. The third-order valence-electron chi connectivity index (χ3n) is 2.12. The summed E-state index contributed by atoms with van der Waals surface area (Å²) in [4.78, 5) is 10.9. The van der Waals surface area contributed by atoms with Crippen LogP contribution in [0.15, 0.2) is 36.5 Å². The summed E-state index contributed by atoms with van der Waals surface area (Å²) >= 11 is 0. The summed E-state index contributed by atoms with van der Waals surface area (Å²) in [5.74, 6) is -1.01. The molecule has 0 aliphatic heterocycles. The Balaban J connectivity index is 0.00000128. The molecule has 1 heterocycles. The molecule has 0 unspecified atom stereocenters. The van der Waals surface area contributed by atoms with Crippen LogP contribution < -0.4 is 18.9 Å². The second-order valence-corrected chi connectivity index (χ2v) is 3.24. The summed E-state index contributed by atoms with van der Waals surface area (Å²) in [6.45, 7) is 0. The van der Waals surface area contributed by atoms with Crippen molar-refractivity contribution >= 4 is 5.97 Å². The predicted molar refractivity (Wildman–Crippen MR) is 56.7 cm³/mol. The second kappa shape index (κ2) is 5.02. The topological polar surface area (TPSA) is 55.1 Å². The monoisotopic (exact) mass is 210 g/mol. The number of hydrogen-bond acceptors (Lipinski definition) is 2. The van der Waals surface area contributed by atoms with Crippen LogP contribution in [0.1, 0.15) is 11.9 Å². The molecule has 0 radical (unpaired) electrons. The molecule has 0 aliphatic rings. The fraction of sp³-hybridized carbons (Fsp3) is 0.0909. The Kier molecular flexibility index (Phi) is 3.94. The summed E-state index contributed by atoms with van der Waals surface area (Å²) in [6.07, 6.45) is 1.71. The Morgan fingerprint density at radius 3 is 2.56 bits per heavy atom. The Bertz CT molecular complexity index is 499. The fourth-order valence-electron chi connectivity index (χ4n) is 1.48. The second-order valence-electron chi connectivity index (χ2n) is 3.24. The molecule has 0 fully saturated rings. The van der Waals surface area contributed by atoms with E-state index < -0.39 is 5.97 Å². The van der Waals surface area contributed by atoms with Gasteiger partial charge in [0.05, 0.1) is 0 Å². The van der Waals surface area contributed by atoms with Crippen LogP contribution in [-0.2, 0) is 7.05 Å². The average molecular weight is 210 g/mol. The number of benzene rings is 1. The Hall–Kier alpha value is -1.50. The molecule has 4 nitrogen and oxygen atoms in total. The van der Waals surface area contributed by atoms with E-state index in [1.165, 1.54) is 4.68 Å². The normalized spacial score (nSPS) is 9.56. The van der Waals surface area contributed by atoms with Gasteiger partial charge < -0.3 is 6.53 Å². The largest absolute Gasteiger partial charge is 1.00 e. The van der Waals surface area contributed by atoms with Crippen molar-refractivity contribution in [3.05, 3.63) is 42.2 Å². The summed E-state index contributed by atoms with van der Waals surface area (Å²) in [5, 5.41) is 12.9. The maximum absolute atomic E-state index is 10.9. The molecule has 1 aromatic carbocycles. The molecule has 0 amide bonds. The van der Waals surface area contributed by atoms with Crippen molar-refractivity contribution in [1.29, 1.82) is 0 Å². The van der Waals surface area contributed by atoms with Gasteiger partial charge in [-0.25, -0.2) is 4.79 Å². The molecular formula is C11H11LiN2O2. The van der Waals surface area contributed by atoms with E-state index in [0.717, 1.165) is 5.56 Å². The number of carboxylic acids is 1. The molecule has 0 aliphatic carbocycles. The zero-order valence-corrected chi connectivity index (χ0v) is 9.21. The van der Waals surface area contributed by atoms with Gasteiger partial charge in [-0.1, -0.05) is 30.3 Å². The van der Waals surface area contributed by atoms with Crippen LogP contribution >= 0.6 is 0 Å². The SMILES string of the molecule is Cn1cc(-c2ccccc2)c(C(=O)O)n1.[H-].[Li+]. The number of aromatic carboxylic acids is 1. The smallest absolute Gasteiger partial charge is 1.00 e. The zero-order chi connectivity index (χ0) is 10.8. The van der Waals surface area contributed by atoms with E-state index in [-0.39, 0.29) is 26.0 Å². The van der Waals surface area contributed by atoms with Crippen molar-refractivity contribution in [2.45, 2.75) is 0 Å². The van der Waals surface area contributed by atoms with Crippen LogP contribution in [0, 0.1) is 0 Å². The Morgan fingerprint density at radius 1 is 1.38 bits per heavy atom. The molecular weight excluding hydrogens is 199 g/mol. The van der Waals surface area contributed by atoms with Crippen molar-refractivity contribution in [2.75, 3.05) is 0 Å². The van der Waals surface area contributed by atoms with E-state index in [2.05, 4.69) is 5.10 Å². The first-order valence-corrected chi connectivity index (χ1v) is 4.51. The van der Waals surface area contributed by atoms with Crippen molar-refractivity contribution < 1.29 is 30.2 Å². The van der Waals surface area contributed by atoms with Gasteiger partial charge in [0.2, 0.25) is 0 Å². The maximum Gasteiger partial charge on any atom is 1.00 e. The molecule has 2 rings (SSSR count). The van der Waals surface area contributed by atoms with Gasteiger partial charge in [-0.05, 0) is 5.56 Å². The van der Waals surface area contributed by atoms with Crippen molar-refractivity contribution in [3.63, 3.8) is 0 Å². The van der Waals surface area contributed by atoms with Gasteiger partial charge in [0.25, 0.3) is 0 Å². The molecule has 16 heavy (non-hydrogen) atoms.